The summed E-state index contributed by atoms with van der Waals surface area (Å²) in [5.41, 5.74) is 1.01. The normalized spacial score (nSPS) is 20.7. The topological polar surface area (TPSA) is 57.6 Å². The van der Waals surface area contributed by atoms with Gasteiger partial charge in [0.15, 0.2) is 0 Å². The second kappa shape index (κ2) is 6.34. The molecular formula is C17H16ClNO3S. The van der Waals surface area contributed by atoms with E-state index < -0.39 is 11.9 Å². The number of hydrogen-bond donors (Lipinski definition) is 1. The number of amides is 1. The van der Waals surface area contributed by atoms with E-state index >= 15 is 0 Å². The number of carboxylic acids is 1. The molecule has 2 heterocycles. The van der Waals surface area contributed by atoms with Gasteiger partial charge in [0.1, 0.15) is 0 Å². The Morgan fingerprint density at radius 3 is 2.52 bits per heavy atom. The number of likely N-dealkylation sites (tertiary alicyclic amines) is 1. The first kappa shape index (κ1) is 16.0. The summed E-state index contributed by atoms with van der Waals surface area (Å²) in [5.74, 6) is -1.40. The van der Waals surface area contributed by atoms with Crippen LogP contribution < -0.4 is 0 Å². The van der Waals surface area contributed by atoms with Crippen molar-refractivity contribution < 1.29 is 14.7 Å². The monoisotopic (exact) mass is 349 g/mol. The number of halogens is 1. The van der Waals surface area contributed by atoms with Crippen LogP contribution in [0.4, 0.5) is 0 Å². The minimum Gasteiger partial charge on any atom is -0.481 e. The van der Waals surface area contributed by atoms with Crippen LogP contribution in [0, 0.1) is 5.92 Å². The van der Waals surface area contributed by atoms with Crippen LogP contribution in [-0.2, 0) is 4.79 Å². The number of carbonyl (C=O) groups excluding carboxylic acids is 1. The van der Waals surface area contributed by atoms with Gasteiger partial charge in [-0.2, -0.15) is 0 Å². The summed E-state index contributed by atoms with van der Waals surface area (Å²) in [6.45, 7) is 2.29. The van der Waals surface area contributed by atoms with Gasteiger partial charge in [0.05, 0.1) is 10.8 Å². The molecule has 0 radical (unpaired) electrons. The molecule has 1 saturated heterocycles. The zero-order valence-electron chi connectivity index (χ0n) is 12.5. The maximum absolute atomic E-state index is 12.6. The molecular weight excluding hydrogens is 334 g/mol. The molecule has 6 heteroatoms. The molecule has 0 bridgehead atoms. The number of hydrogen-bond acceptors (Lipinski definition) is 3. The van der Waals surface area contributed by atoms with Crippen molar-refractivity contribution in [3.8, 4) is 10.4 Å². The zero-order valence-corrected chi connectivity index (χ0v) is 14.1. The molecule has 1 amide bonds. The molecule has 1 aromatic heterocycles. The van der Waals surface area contributed by atoms with Gasteiger partial charge in [-0.25, -0.2) is 0 Å². The third kappa shape index (κ3) is 3.12. The Morgan fingerprint density at radius 2 is 1.91 bits per heavy atom. The molecule has 3 rings (SSSR count). The maximum atomic E-state index is 12.6. The van der Waals surface area contributed by atoms with Gasteiger partial charge in [-0.3, -0.25) is 9.59 Å². The highest BCUT2D eigenvalue weighted by atomic mass is 35.5. The van der Waals surface area contributed by atoms with Crippen molar-refractivity contribution in [2.45, 2.75) is 19.4 Å². The van der Waals surface area contributed by atoms with Gasteiger partial charge < -0.3 is 10.0 Å². The Hall–Kier alpha value is -1.85. The van der Waals surface area contributed by atoms with E-state index in [9.17, 15) is 14.7 Å². The van der Waals surface area contributed by atoms with E-state index in [4.69, 9.17) is 11.6 Å². The zero-order chi connectivity index (χ0) is 16.6. The molecule has 2 atom stereocenters. The van der Waals surface area contributed by atoms with Crippen molar-refractivity contribution >= 4 is 34.8 Å². The predicted octanol–water partition coefficient (Wildman–Crippen LogP) is 4.00. The third-order valence-corrected chi connectivity index (χ3v) is 5.65. The van der Waals surface area contributed by atoms with E-state index in [1.165, 1.54) is 11.3 Å². The van der Waals surface area contributed by atoms with Crippen molar-refractivity contribution in [1.82, 2.24) is 4.90 Å². The summed E-state index contributed by atoms with van der Waals surface area (Å²) in [7, 11) is 0. The SMILES string of the molecule is CC1C(C(=O)O)CCN1C(=O)c1ccc(-c2ccc(Cl)cc2)s1. The van der Waals surface area contributed by atoms with E-state index in [-0.39, 0.29) is 11.9 Å². The van der Waals surface area contributed by atoms with Crippen molar-refractivity contribution in [3.63, 3.8) is 0 Å². The molecule has 1 fully saturated rings. The molecule has 0 spiro atoms. The lowest BCUT2D eigenvalue weighted by atomic mass is 10.0. The van der Waals surface area contributed by atoms with Crippen molar-refractivity contribution in [2.75, 3.05) is 6.54 Å². The molecule has 0 aliphatic carbocycles. The van der Waals surface area contributed by atoms with Crippen LogP contribution in [0.1, 0.15) is 23.0 Å². The van der Waals surface area contributed by atoms with Crippen LogP contribution in [0.3, 0.4) is 0 Å². The average Bonchev–Trinajstić information content (AvgIpc) is 3.14. The molecule has 120 valence electrons. The minimum absolute atomic E-state index is 0.0912. The number of nitrogens with zero attached hydrogens (tertiary/aromatic N) is 1. The first-order valence-electron chi connectivity index (χ1n) is 7.37. The van der Waals surface area contributed by atoms with Crippen molar-refractivity contribution in [1.29, 1.82) is 0 Å². The fourth-order valence-corrected chi connectivity index (χ4v) is 4.01. The summed E-state index contributed by atoms with van der Waals surface area (Å²) < 4.78 is 0. The standard InChI is InChI=1S/C17H16ClNO3S/c1-10-13(17(21)22)8-9-19(10)16(20)15-7-6-14(23-15)11-2-4-12(18)5-3-11/h2-7,10,13H,8-9H2,1H3,(H,21,22). The second-order valence-electron chi connectivity index (χ2n) is 5.64. The van der Waals surface area contributed by atoms with E-state index in [0.29, 0.717) is 22.9 Å². The highest BCUT2D eigenvalue weighted by molar-refractivity contribution is 7.17. The van der Waals surface area contributed by atoms with Crippen LogP contribution in [0.5, 0.6) is 0 Å². The van der Waals surface area contributed by atoms with Gasteiger partial charge in [0.25, 0.3) is 5.91 Å². The van der Waals surface area contributed by atoms with Crippen LogP contribution in [-0.4, -0.2) is 34.5 Å². The lowest BCUT2D eigenvalue weighted by molar-refractivity contribution is -0.142. The summed E-state index contributed by atoms with van der Waals surface area (Å²) in [6.07, 6.45) is 0.512. The molecule has 1 aliphatic heterocycles. The van der Waals surface area contributed by atoms with Gasteiger partial charge in [0.2, 0.25) is 0 Å². The third-order valence-electron chi connectivity index (χ3n) is 4.28. The fraction of sp³-hybridized carbons (Fsp3) is 0.294. The average molecular weight is 350 g/mol. The molecule has 4 nitrogen and oxygen atoms in total. The molecule has 23 heavy (non-hydrogen) atoms. The summed E-state index contributed by atoms with van der Waals surface area (Å²) in [4.78, 5) is 27.1. The molecule has 0 saturated carbocycles. The lowest BCUT2D eigenvalue weighted by Gasteiger charge is -2.22. The largest absolute Gasteiger partial charge is 0.481 e. The maximum Gasteiger partial charge on any atom is 0.308 e. The molecule has 2 aromatic rings. The molecule has 1 aromatic carbocycles. The summed E-state index contributed by atoms with van der Waals surface area (Å²) in [6, 6.07) is 10.9. The Balaban J connectivity index is 1.79. The lowest BCUT2D eigenvalue weighted by Crippen LogP contribution is -2.37. The van der Waals surface area contributed by atoms with E-state index in [1.807, 2.05) is 30.3 Å². The van der Waals surface area contributed by atoms with E-state index in [2.05, 4.69) is 0 Å². The molecule has 2 unspecified atom stereocenters. The number of carbonyl (C=O) groups is 2. The summed E-state index contributed by atoms with van der Waals surface area (Å²) in [5, 5.41) is 9.86. The number of aliphatic carboxylic acids is 1. The first-order chi connectivity index (χ1) is 11.0. The Labute approximate surface area is 143 Å². The highest BCUT2D eigenvalue weighted by Gasteiger charge is 2.38. The molecule has 1 aliphatic rings. The first-order valence-corrected chi connectivity index (χ1v) is 8.56. The van der Waals surface area contributed by atoms with Gasteiger partial charge in [-0.15, -0.1) is 11.3 Å². The van der Waals surface area contributed by atoms with Crippen LogP contribution in [0.15, 0.2) is 36.4 Å². The number of carboxylic acid groups (broad SMARTS) is 1. The minimum atomic E-state index is -0.833. The number of rotatable bonds is 3. The van der Waals surface area contributed by atoms with Crippen LogP contribution in [0.25, 0.3) is 10.4 Å². The smallest absolute Gasteiger partial charge is 0.308 e. The van der Waals surface area contributed by atoms with Crippen molar-refractivity contribution in [2.24, 2.45) is 5.92 Å². The Morgan fingerprint density at radius 1 is 1.22 bits per heavy atom. The molecule has 1 N–H and O–H groups in total. The van der Waals surface area contributed by atoms with E-state index in [0.717, 1.165) is 10.4 Å². The highest BCUT2D eigenvalue weighted by Crippen LogP contribution is 2.32. The quantitative estimate of drug-likeness (QED) is 0.911. The van der Waals surface area contributed by atoms with Gasteiger partial charge in [-0.1, -0.05) is 23.7 Å². The fourth-order valence-electron chi connectivity index (χ4n) is 2.92. The van der Waals surface area contributed by atoms with Crippen LogP contribution >= 0.6 is 22.9 Å². The van der Waals surface area contributed by atoms with Gasteiger partial charge in [-0.05, 0) is 43.2 Å². The van der Waals surface area contributed by atoms with Crippen molar-refractivity contribution in [3.05, 3.63) is 46.3 Å². The van der Waals surface area contributed by atoms with Crippen LogP contribution in [0.2, 0.25) is 5.02 Å². The predicted molar refractivity (Wildman–Crippen MR) is 91.0 cm³/mol. The Kier molecular flexibility index (Phi) is 4.41. The number of benzene rings is 1. The number of thiophene rings is 1. The second-order valence-corrected chi connectivity index (χ2v) is 7.16. The Bertz CT molecular complexity index is 741. The van der Waals surface area contributed by atoms with Gasteiger partial charge in [0, 0.05) is 22.5 Å². The van der Waals surface area contributed by atoms with E-state index in [1.54, 1.807) is 17.9 Å². The van der Waals surface area contributed by atoms with Gasteiger partial charge >= 0.3 is 5.97 Å². The summed E-state index contributed by atoms with van der Waals surface area (Å²) >= 11 is 7.31.